The van der Waals surface area contributed by atoms with Crippen LogP contribution in [0.4, 0.5) is 0 Å². The van der Waals surface area contributed by atoms with E-state index >= 15 is 0 Å². The Balaban J connectivity index is 2.60. The zero-order chi connectivity index (χ0) is 9.84. The van der Waals surface area contributed by atoms with E-state index < -0.39 is 0 Å². The van der Waals surface area contributed by atoms with Gasteiger partial charge in [-0.05, 0) is 32.1 Å². The van der Waals surface area contributed by atoms with Crippen molar-refractivity contribution >= 4 is 23.3 Å². The number of nitrogens with zero attached hydrogens (tertiary/aromatic N) is 2. The van der Waals surface area contributed by atoms with Gasteiger partial charge in [0.2, 0.25) is 0 Å². The molecule has 0 N–H and O–H groups in total. The Bertz CT molecular complexity index is 277. The summed E-state index contributed by atoms with van der Waals surface area (Å²) in [4.78, 5) is 9.85. The standard InChI is InChI=1S/C10H16N2S/c1-7-5-6-10(13-7)8(2)12-9(3)11-4/h5,10H,6H2,1-4H3. The Morgan fingerprint density at radius 2 is 2.23 bits per heavy atom. The van der Waals surface area contributed by atoms with E-state index in [9.17, 15) is 0 Å². The summed E-state index contributed by atoms with van der Waals surface area (Å²) in [6.07, 6.45) is 3.38. The highest BCUT2D eigenvalue weighted by Crippen LogP contribution is 2.32. The molecule has 72 valence electrons. The summed E-state index contributed by atoms with van der Waals surface area (Å²) < 4.78 is 0. The molecular formula is C10H16N2S. The van der Waals surface area contributed by atoms with E-state index in [1.54, 1.807) is 7.05 Å². The fourth-order valence-electron chi connectivity index (χ4n) is 1.23. The van der Waals surface area contributed by atoms with Gasteiger partial charge in [-0.15, -0.1) is 11.8 Å². The minimum atomic E-state index is 0.539. The highest BCUT2D eigenvalue weighted by atomic mass is 32.2. The van der Waals surface area contributed by atoms with Gasteiger partial charge in [0.05, 0.1) is 5.25 Å². The predicted octanol–water partition coefficient (Wildman–Crippen LogP) is 2.90. The third-order valence-electron chi connectivity index (χ3n) is 2.08. The van der Waals surface area contributed by atoms with Gasteiger partial charge in [0.15, 0.2) is 0 Å². The van der Waals surface area contributed by atoms with Gasteiger partial charge in [-0.2, -0.15) is 0 Å². The van der Waals surface area contributed by atoms with Gasteiger partial charge < -0.3 is 0 Å². The maximum Gasteiger partial charge on any atom is 0.119 e. The van der Waals surface area contributed by atoms with Crippen LogP contribution in [0.15, 0.2) is 21.0 Å². The first-order valence-corrected chi connectivity index (χ1v) is 5.33. The average Bonchev–Trinajstić information content (AvgIpc) is 2.51. The topological polar surface area (TPSA) is 24.7 Å². The molecule has 0 radical (unpaired) electrons. The summed E-state index contributed by atoms with van der Waals surface area (Å²) in [5, 5.41) is 0.539. The largest absolute Gasteiger partial charge is 0.274 e. The van der Waals surface area contributed by atoms with Gasteiger partial charge in [-0.1, -0.05) is 6.08 Å². The molecule has 0 bridgehead atoms. The van der Waals surface area contributed by atoms with E-state index in [-0.39, 0.29) is 0 Å². The van der Waals surface area contributed by atoms with Crippen molar-refractivity contribution in [2.24, 2.45) is 9.98 Å². The summed E-state index contributed by atoms with van der Waals surface area (Å²) in [5.74, 6) is 0.864. The van der Waals surface area contributed by atoms with Crippen LogP contribution in [0.5, 0.6) is 0 Å². The van der Waals surface area contributed by atoms with Crippen LogP contribution in [0.1, 0.15) is 27.2 Å². The molecule has 0 aromatic carbocycles. The summed E-state index contributed by atoms with van der Waals surface area (Å²) in [6.45, 7) is 6.17. The molecule has 1 aliphatic heterocycles. The van der Waals surface area contributed by atoms with Crippen molar-refractivity contribution in [3.63, 3.8) is 0 Å². The van der Waals surface area contributed by atoms with Crippen molar-refractivity contribution in [3.05, 3.63) is 11.0 Å². The first-order valence-electron chi connectivity index (χ1n) is 4.45. The molecule has 1 unspecified atom stereocenters. The maximum absolute atomic E-state index is 4.42. The number of amidine groups is 1. The van der Waals surface area contributed by atoms with Crippen LogP contribution in [0, 0.1) is 0 Å². The van der Waals surface area contributed by atoms with Crippen molar-refractivity contribution in [1.29, 1.82) is 0 Å². The molecule has 0 spiro atoms. The smallest absolute Gasteiger partial charge is 0.119 e. The molecule has 0 saturated carbocycles. The minimum Gasteiger partial charge on any atom is -0.274 e. The molecule has 0 aromatic rings. The molecule has 0 aromatic heterocycles. The molecule has 1 rings (SSSR count). The lowest BCUT2D eigenvalue weighted by Gasteiger charge is -2.08. The number of rotatable bonds is 1. The third-order valence-corrected chi connectivity index (χ3v) is 3.43. The van der Waals surface area contributed by atoms with E-state index in [0.29, 0.717) is 5.25 Å². The Kier molecular flexibility index (Phi) is 3.72. The quantitative estimate of drug-likeness (QED) is 0.467. The van der Waals surface area contributed by atoms with Crippen molar-refractivity contribution < 1.29 is 0 Å². The van der Waals surface area contributed by atoms with Crippen LogP contribution in [-0.2, 0) is 0 Å². The van der Waals surface area contributed by atoms with E-state index in [1.807, 2.05) is 18.7 Å². The Hall–Kier alpha value is -0.570. The van der Waals surface area contributed by atoms with Gasteiger partial charge >= 0.3 is 0 Å². The molecule has 0 saturated heterocycles. The molecule has 1 aliphatic rings. The summed E-state index contributed by atoms with van der Waals surface area (Å²) in [5.41, 5.74) is 1.18. The Morgan fingerprint density at radius 3 is 2.69 bits per heavy atom. The molecule has 0 amide bonds. The highest BCUT2D eigenvalue weighted by molar-refractivity contribution is 8.04. The summed E-state index contributed by atoms with van der Waals surface area (Å²) >= 11 is 1.90. The summed E-state index contributed by atoms with van der Waals surface area (Å²) in [6, 6.07) is 0. The lowest BCUT2D eigenvalue weighted by molar-refractivity contribution is 1.13. The molecule has 2 nitrogen and oxygen atoms in total. The number of aliphatic imine (C=N–C) groups is 2. The Labute approximate surface area is 84.2 Å². The van der Waals surface area contributed by atoms with Gasteiger partial charge in [0.1, 0.15) is 5.84 Å². The van der Waals surface area contributed by atoms with Crippen LogP contribution in [0.25, 0.3) is 0 Å². The first kappa shape index (κ1) is 10.5. The second-order valence-electron chi connectivity index (χ2n) is 3.18. The van der Waals surface area contributed by atoms with E-state index in [0.717, 1.165) is 12.3 Å². The van der Waals surface area contributed by atoms with Crippen LogP contribution < -0.4 is 0 Å². The summed E-state index contributed by atoms with van der Waals surface area (Å²) in [7, 11) is 1.78. The van der Waals surface area contributed by atoms with Crippen LogP contribution >= 0.6 is 11.8 Å². The molecule has 1 heterocycles. The first-order chi connectivity index (χ1) is 6.13. The zero-order valence-corrected chi connectivity index (χ0v) is 9.48. The van der Waals surface area contributed by atoms with E-state index in [1.165, 1.54) is 10.6 Å². The molecule has 13 heavy (non-hydrogen) atoms. The normalized spacial score (nSPS) is 24.9. The second-order valence-corrected chi connectivity index (χ2v) is 4.63. The van der Waals surface area contributed by atoms with E-state index in [4.69, 9.17) is 0 Å². The lowest BCUT2D eigenvalue weighted by Crippen LogP contribution is -2.11. The van der Waals surface area contributed by atoms with Gasteiger partial charge in [0.25, 0.3) is 0 Å². The van der Waals surface area contributed by atoms with Crippen molar-refractivity contribution in [3.8, 4) is 0 Å². The number of hydrogen-bond donors (Lipinski definition) is 0. The SMILES string of the molecule is CN=C(C)N=C(C)C1CC=C(C)S1. The highest BCUT2D eigenvalue weighted by Gasteiger charge is 2.17. The fourth-order valence-corrected chi connectivity index (χ4v) is 2.28. The second kappa shape index (κ2) is 4.61. The number of hydrogen-bond acceptors (Lipinski definition) is 2. The van der Waals surface area contributed by atoms with Crippen LogP contribution in [0.3, 0.4) is 0 Å². The molecule has 1 atom stereocenters. The van der Waals surface area contributed by atoms with Gasteiger partial charge in [-0.3, -0.25) is 4.99 Å². The molecular weight excluding hydrogens is 180 g/mol. The number of thioether (sulfide) groups is 1. The zero-order valence-electron chi connectivity index (χ0n) is 8.66. The molecule has 3 heteroatoms. The fraction of sp³-hybridized carbons (Fsp3) is 0.600. The van der Waals surface area contributed by atoms with Crippen LogP contribution in [0.2, 0.25) is 0 Å². The predicted molar refractivity (Wildman–Crippen MR) is 61.9 cm³/mol. The van der Waals surface area contributed by atoms with Crippen LogP contribution in [-0.4, -0.2) is 23.8 Å². The molecule has 0 fully saturated rings. The van der Waals surface area contributed by atoms with Gasteiger partial charge in [0, 0.05) is 12.8 Å². The molecule has 0 aliphatic carbocycles. The van der Waals surface area contributed by atoms with Crippen molar-refractivity contribution in [1.82, 2.24) is 0 Å². The number of allylic oxidation sites excluding steroid dienone is 2. The van der Waals surface area contributed by atoms with Crippen molar-refractivity contribution in [2.45, 2.75) is 32.4 Å². The van der Waals surface area contributed by atoms with E-state index in [2.05, 4.69) is 29.9 Å². The lowest BCUT2D eigenvalue weighted by atomic mass is 10.2. The Morgan fingerprint density at radius 1 is 1.54 bits per heavy atom. The minimum absolute atomic E-state index is 0.539. The van der Waals surface area contributed by atoms with Crippen molar-refractivity contribution in [2.75, 3.05) is 7.05 Å². The van der Waals surface area contributed by atoms with Gasteiger partial charge in [-0.25, -0.2) is 4.99 Å². The average molecular weight is 196 g/mol. The maximum atomic E-state index is 4.42. The third kappa shape index (κ3) is 2.99. The monoisotopic (exact) mass is 196 g/mol.